The lowest BCUT2D eigenvalue weighted by atomic mass is 9.82. The number of hydrogen-bond donors (Lipinski definition) is 2. The molecule has 2 aromatic carbocycles. The zero-order valence-corrected chi connectivity index (χ0v) is 15.8. The van der Waals surface area contributed by atoms with Crippen LogP contribution in [0, 0.1) is 0 Å². The molecule has 2 N–H and O–H groups in total. The summed E-state index contributed by atoms with van der Waals surface area (Å²) in [4.78, 5) is 24.5. The third-order valence-corrected chi connectivity index (χ3v) is 5.53. The summed E-state index contributed by atoms with van der Waals surface area (Å²) in [6.45, 7) is 0. The molecule has 6 heteroatoms. The van der Waals surface area contributed by atoms with Crippen LogP contribution in [-0.2, 0) is 0 Å². The molecular weight excluding hydrogens is 354 g/mol. The van der Waals surface area contributed by atoms with Crippen molar-refractivity contribution < 1.29 is 9.53 Å². The summed E-state index contributed by atoms with van der Waals surface area (Å²) >= 11 is 0. The Balaban J connectivity index is 1.42. The Labute approximate surface area is 162 Å². The summed E-state index contributed by atoms with van der Waals surface area (Å²) in [6.07, 6.45) is 3.64. The van der Waals surface area contributed by atoms with E-state index in [9.17, 15) is 9.59 Å². The minimum atomic E-state index is -0.153. The second kappa shape index (κ2) is 7.84. The SMILES string of the molecule is COc1ccc(C(=O)N[C@H]2CC[C@H](c3n[nH]c(=O)c4ccccc43)CC2)cc1. The summed E-state index contributed by atoms with van der Waals surface area (Å²) in [5.74, 6) is 0.965. The lowest BCUT2D eigenvalue weighted by molar-refractivity contribution is 0.0925. The van der Waals surface area contributed by atoms with Gasteiger partial charge in [-0.2, -0.15) is 5.10 Å². The molecule has 0 atom stereocenters. The van der Waals surface area contributed by atoms with Crippen molar-refractivity contribution in [3.05, 3.63) is 70.1 Å². The van der Waals surface area contributed by atoms with Gasteiger partial charge in [-0.1, -0.05) is 18.2 Å². The van der Waals surface area contributed by atoms with Gasteiger partial charge in [-0.25, -0.2) is 5.10 Å². The van der Waals surface area contributed by atoms with E-state index in [0.717, 1.165) is 42.5 Å². The van der Waals surface area contributed by atoms with Crippen molar-refractivity contribution in [1.29, 1.82) is 0 Å². The first kappa shape index (κ1) is 18.2. The van der Waals surface area contributed by atoms with E-state index < -0.39 is 0 Å². The number of H-pyrrole nitrogens is 1. The normalized spacial score (nSPS) is 19.3. The number of hydrogen-bond acceptors (Lipinski definition) is 4. The van der Waals surface area contributed by atoms with Crippen LogP contribution >= 0.6 is 0 Å². The largest absolute Gasteiger partial charge is 0.497 e. The predicted molar refractivity (Wildman–Crippen MR) is 108 cm³/mol. The number of aromatic amines is 1. The molecule has 1 aliphatic rings. The first-order valence-corrected chi connectivity index (χ1v) is 9.58. The minimum Gasteiger partial charge on any atom is -0.497 e. The van der Waals surface area contributed by atoms with Gasteiger partial charge in [0, 0.05) is 22.9 Å². The molecule has 1 amide bonds. The topological polar surface area (TPSA) is 84.1 Å². The number of carbonyl (C=O) groups is 1. The molecule has 0 bridgehead atoms. The molecule has 144 valence electrons. The number of ether oxygens (including phenoxy) is 1. The molecule has 1 aromatic heterocycles. The van der Waals surface area contributed by atoms with Crippen LogP contribution in [-0.4, -0.2) is 29.3 Å². The quantitative estimate of drug-likeness (QED) is 0.730. The van der Waals surface area contributed by atoms with Crippen molar-refractivity contribution in [2.45, 2.75) is 37.6 Å². The van der Waals surface area contributed by atoms with Gasteiger partial charge in [-0.3, -0.25) is 9.59 Å². The van der Waals surface area contributed by atoms with E-state index in [1.54, 1.807) is 31.4 Å². The highest BCUT2D eigenvalue weighted by Crippen LogP contribution is 2.34. The van der Waals surface area contributed by atoms with Crippen LogP contribution in [0.25, 0.3) is 10.8 Å². The minimum absolute atomic E-state index is 0.0567. The van der Waals surface area contributed by atoms with Crippen LogP contribution < -0.4 is 15.6 Å². The van der Waals surface area contributed by atoms with Gasteiger partial charge in [0.1, 0.15) is 5.75 Å². The molecule has 28 heavy (non-hydrogen) atoms. The summed E-state index contributed by atoms with van der Waals surface area (Å²) in [6, 6.07) is 14.9. The van der Waals surface area contributed by atoms with E-state index in [4.69, 9.17) is 4.74 Å². The maximum absolute atomic E-state index is 12.5. The number of benzene rings is 2. The Morgan fingerprint density at radius 1 is 1.04 bits per heavy atom. The van der Waals surface area contributed by atoms with Crippen LogP contribution in [0.3, 0.4) is 0 Å². The molecular formula is C22H23N3O3. The van der Waals surface area contributed by atoms with Gasteiger partial charge in [0.15, 0.2) is 0 Å². The maximum Gasteiger partial charge on any atom is 0.272 e. The fraction of sp³-hybridized carbons (Fsp3) is 0.318. The Kier molecular flexibility index (Phi) is 5.10. The van der Waals surface area contributed by atoms with Gasteiger partial charge in [0.05, 0.1) is 18.2 Å². The average molecular weight is 377 g/mol. The number of methoxy groups -OCH3 is 1. The number of fused-ring (bicyclic) bond motifs is 1. The van der Waals surface area contributed by atoms with Crippen molar-refractivity contribution in [1.82, 2.24) is 15.5 Å². The van der Waals surface area contributed by atoms with Crippen molar-refractivity contribution >= 4 is 16.7 Å². The van der Waals surface area contributed by atoms with Gasteiger partial charge in [0.2, 0.25) is 0 Å². The monoisotopic (exact) mass is 377 g/mol. The van der Waals surface area contributed by atoms with Crippen LogP contribution in [0.2, 0.25) is 0 Å². The maximum atomic E-state index is 12.5. The Morgan fingerprint density at radius 2 is 1.71 bits per heavy atom. The second-order valence-corrected chi connectivity index (χ2v) is 7.23. The Hall–Kier alpha value is -3.15. The van der Waals surface area contributed by atoms with Crippen molar-refractivity contribution in [3.8, 4) is 5.75 Å². The number of rotatable bonds is 4. The van der Waals surface area contributed by atoms with Gasteiger partial charge < -0.3 is 10.1 Å². The Bertz CT molecular complexity index is 1030. The fourth-order valence-electron chi connectivity index (χ4n) is 3.97. The van der Waals surface area contributed by atoms with Crippen molar-refractivity contribution in [3.63, 3.8) is 0 Å². The molecule has 4 rings (SSSR count). The summed E-state index contributed by atoms with van der Waals surface area (Å²) in [7, 11) is 1.61. The number of amides is 1. The van der Waals surface area contributed by atoms with Crippen LogP contribution in [0.5, 0.6) is 5.75 Å². The van der Waals surface area contributed by atoms with E-state index >= 15 is 0 Å². The van der Waals surface area contributed by atoms with E-state index in [2.05, 4.69) is 15.5 Å². The van der Waals surface area contributed by atoms with E-state index in [1.807, 2.05) is 24.3 Å². The lowest BCUT2D eigenvalue weighted by Gasteiger charge is -2.29. The highest BCUT2D eigenvalue weighted by atomic mass is 16.5. The van der Waals surface area contributed by atoms with E-state index in [-0.39, 0.29) is 23.4 Å². The zero-order chi connectivity index (χ0) is 19.5. The van der Waals surface area contributed by atoms with Gasteiger partial charge in [-0.15, -0.1) is 0 Å². The lowest BCUT2D eigenvalue weighted by Crippen LogP contribution is -2.37. The number of aromatic nitrogens is 2. The predicted octanol–water partition coefficient (Wildman–Crippen LogP) is 3.39. The highest BCUT2D eigenvalue weighted by Gasteiger charge is 2.26. The van der Waals surface area contributed by atoms with Crippen LogP contribution in [0.4, 0.5) is 0 Å². The van der Waals surface area contributed by atoms with E-state index in [0.29, 0.717) is 10.9 Å². The zero-order valence-electron chi connectivity index (χ0n) is 15.8. The summed E-state index contributed by atoms with van der Waals surface area (Å²) < 4.78 is 5.13. The number of nitrogens with zero attached hydrogens (tertiary/aromatic N) is 1. The molecule has 3 aromatic rings. The van der Waals surface area contributed by atoms with E-state index in [1.165, 1.54) is 0 Å². The number of nitrogens with one attached hydrogen (secondary N) is 2. The average Bonchev–Trinajstić information content (AvgIpc) is 2.75. The first-order valence-electron chi connectivity index (χ1n) is 9.58. The molecule has 0 saturated heterocycles. The molecule has 0 spiro atoms. The summed E-state index contributed by atoms with van der Waals surface area (Å²) in [5.41, 5.74) is 1.44. The molecule has 0 aliphatic heterocycles. The second-order valence-electron chi connectivity index (χ2n) is 7.23. The molecule has 1 aliphatic carbocycles. The van der Waals surface area contributed by atoms with Gasteiger partial charge >= 0.3 is 0 Å². The van der Waals surface area contributed by atoms with Crippen molar-refractivity contribution in [2.75, 3.05) is 7.11 Å². The molecule has 0 unspecified atom stereocenters. The fourth-order valence-corrected chi connectivity index (χ4v) is 3.97. The third-order valence-electron chi connectivity index (χ3n) is 5.53. The standard InChI is InChI=1S/C22H23N3O3/c1-28-17-12-8-15(9-13-17)21(26)23-16-10-6-14(7-11-16)20-18-4-2-3-5-19(18)22(27)25-24-20/h2-5,8-9,12-14,16H,6-7,10-11H2,1H3,(H,23,26)(H,25,27)/t14-,16-. The molecule has 1 fully saturated rings. The number of carbonyl (C=O) groups excluding carboxylic acids is 1. The molecule has 1 saturated carbocycles. The highest BCUT2D eigenvalue weighted by molar-refractivity contribution is 5.94. The first-order chi connectivity index (χ1) is 13.7. The molecule has 1 heterocycles. The smallest absolute Gasteiger partial charge is 0.272 e. The van der Waals surface area contributed by atoms with Crippen LogP contribution in [0.15, 0.2) is 53.3 Å². The third kappa shape index (κ3) is 3.63. The molecule has 6 nitrogen and oxygen atoms in total. The van der Waals surface area contributed by atoms with Crippen LogP contribution in [0.1, 0.15) is 47.7 Å². The molecule has 0 radical (unpaired) electrons. The van der Waals surface area contributed by atoms with Gasteiger partial charge in [-0.05, 0) is 56.0 Å². The van der Waals surface area contributed by atoms with Gasteiger partial charge in [0.25, 0.3) is 11.5 Å². The summed E-state index contributed by atoms with van der Waals surface area (Å²) in [5, 5.41) is 11.7. The Morgan fingerprint density at radius 3 is 2.39 bits per heavy atom. The van der Waals surface area contributed by atoms with Crippen molar-refractivity contribution in [2.24, 2.45) is 0 Å².